The number of ether oxygens (including phenoxy) is 3. The second kappa shape index (κ2) is 12.6. The SMILES string of the molecule is CCOC(=O)[C@H](Cc1ccc(CCNC(=O)OCc2ccccc2)cc1)OCC. The number of nitrogens with one attached hydrogen (secondary N) is 1. The lowest BCUT2D eigenvalue weighted by Crippen LogP contribution is -2.29. The number of carbonyl (C=O) groups excluding carboxylic acids is 2. The molecule has 156 valence electrons. The van der Waals surface area contributed by atoms with Crippen LogP contribution in [-0.2, 0) is 38.5 Å². The number of amides is 1. The van der Waals surface area contributed by atoms with Crippen LogP contribution in [0.2, 0.25) is 0 Å². The molecule has 1 amide bonds. The molecular weight excluding hydrogens is 370 g/mol. The molecule has 0 saturated heterocycles. The zero-order valence-corrected chi connectivity index (χ0v) is 17.1. The Morgan fingerprint density at radius 3 is 2.21 bits per heavy atom. The quantitative estimate of drug-likeness (QED) is 0.584. The zero-order chi connectivity index (χ0) is 20.9. The molecule has 2 aromatic rings. The topological polar surface area (TPSA) is 73.9 Å². The van der Waals surface area contributed by atoms with Gasteiger partial charge in [0.15, 0.2) is 6.10 Å². The molecule has 1 N–H and O–H groups in total. The average molecular weight is 399 g/mol. The van der Waals surface area contributed by atoms with Crippen molar-refractivity contribution in [2.75, 3.05) is 19.8 Å². The number of hydrogen-bond acceptors (Lipinski definition) is 5. The maximum atomic E-state index is 12.0. The zero-order valence-electron chi connectivity index (χ0n) is 17.1. The van der Waals surface area contributed by atoms with E-state index in [1.165, 1.54) is 0 Å². The van der Waals surface area contributed by atoms with Crippen molar-refractivity contribution >= 4 is 12.1 Å². The minimum atomic E-state index is -0.591. The molecule has 0 aliphatic carbocycles. The van der Waals surface area contributed by atoms with Gasteiger partial charge >= 0.3 is 12.1 Å². The maximum absolute atomic E-state index is 12.0. The van der Waals surface area contributed by atoms with Crippen LogP contribution < -0.4 is 5.32 Å². The molecule has 0 aliphatic heterocycles. The summed E-state index contributed by atoms with van der Waals surface area (Å²) in [6.45, 7) is 5.16. The second-order valence-electron chi connectivity index (χ2n) is 6.46. The number of alkyl carbamates (subject to hydrolysis) is 1. The maximum Gasteiger partial charge on any atom is 0.407 e. The highest BCUT2D eigenvalue weighted by Crippen LogP contribution is 2.11. The molecule has 0 radical (unpaired) electrons. The van der Waals surface area contributed by atoms with E-state index in [0.29, 0.717) is 32.6 Å². The molecule has 0 heterocycles. The Kier molecular flexibility index (Phi) is 9.72. The minimum absolute atomic E-state index is 0.253. The van der Waals surface area contributed by atoms with Gasteiger partial charge < -0.3 is 19.5 Å². The molecule has 0 fully saturated rings. The van der Waals surface area contributed by atoms with Crippen LogP contribution in [0.25, 0.3) is 0 Å². The van der Waals surface area contributed by atoms with Gasteiger partial charge in [-0.15, -0.1) is 0 Å². The molecule has 0 unspecified atom stereocenters. The highest BCUT2D eigenvalue weighted by Gasteiger charge is 2.20. The van der Waals surface area contributed by atoms with Gasteiger partial charge in [-0.25, -0.2) is 9.59 Å². The molecule has 6 heteroatoms. The van der Waals surface area contributed by atoms with Crippen molar-refractivity contribution in [1.29, 1.82) is 0 Å². The van der Waals surface area contributed by atoms with Crippen molar-refractivity contribution < 1.29 is 23.8 Å². The Labute approximate surface area is 172 Å². The molecule has 0 spiro atoms. The van der Waals surface area contributed by atoms with Crippen molar-refractivity contribution in [3.63, 3.8) is 0 Å². The lowest BCUT2D eigenvalue weighted by atomic mass is 10.0. The fourth-order valence-electron chi connectivity index (χ4n) is 2.79. The predicted octanol–water partition coefficient (Wildman–Crippen LogP) is 3.67. The first-order valence-electron chi connectivity index (χ1n) is 9.93. The van der Waals surface area contributed by atoms with Gasteiger partial charge in [0.25, 0.3) is 0 Å². The van der Waals surface area contributed by atoms with Crippen molar-refractivity contribution in [2.24, 2.45) is 0 Å². The Hall–Kier alpha value is -2.86. The summed E-state index contributed by atoms with van der Waals surface area (Å²) in [4.78, 5) is 23.7. The van der Waals surface area contributed by atoms with Gasteiger partial charge in [-0.05, 0) is 37.0 Å². The fourth-order valence-corrected chi connectivity index (χ4v) is 2.79. The van der Waals surface area contributed by atoms with Crippen molar-refractivity contribution in [1.82, 2.24) is 5.32 Å². The summed E-state index contributed by atoms with van der Waals surface area (Å²) in [5.74, 6) is -0.336. The van der Waals surface area contributed by atoms with E-state index >= 15 is 0 Å². The molecule has 6 nitrogen and oxygen atoms in total. The largest absolute Gasteiger partial charge is 0.464 e. The highest BCUT2D eigenvalue weighted by molar-refractivity contribution is 5.75. The monoisotopic (exact) mass is 399 g/mol. The Balaban J connectivity index is 1.73. The van der Waals surface area contributed by atoms with Gasteiger partial charge in [0, 0.05) is 19.6 Å². The van der Waals surface area contributed by atoms with Crippen LogP contribution in [0.3, 0.4) is 0 Å². The van der Waals surface area contributed by atoms with Crippen LogP contribution in [0, 0.1) is 0 Å². The molecule has 0 bridgehead atoms. The van der Waals surface area contributed by atoms with Crippen LogP contribution in [0.15, 0.2) is 54.6 Å². The van der Waals surface area contributed by atoms with Crippen molar-refractivity contribution in [2.45, 2.75) is 39.4 Å². The fraction of sp³-hybridized carbons (Fsp3) is 0.391. The molecule has 0 saturated carbocycles. The number of rotatable bonds is 11. The van der Waals surface area contributed by atoms with E-state index in [4.69, 9.17) is 14.2 Å². The molecule has 29 heavy (non-hydrogen) atoms. The number of benzene rings is 2. The third kappa shape index (κ3) is 8.35. The van der Waals surface area contributed by atoms with Crippen LogP contribution in [0.4, 0.5) is 4.79 Å². The molecule has 0 aliphatic rings. The van der Waals surface area contributed by atoms with Gasteiger partial charge in [-0.3, -0.25) is 0 Å². The average Bonchev–Trinajstić information content (AvgIpc) is 2.74. The summed E-state index contributed by atoms with van der Waals surface area (Å²) in [5.41, 5.74) is 3.03. The van der Waals surface area contributed by atoms with Crippen LogP contribution in [-0.4, -0.2) is 37.9 Å². The summed E-state index contributed by atoms with van der Waals surface area (Å²) in [7, 11) is 0. The van der Waals surface area contributed by atoms with E-state index in [1.54, 1.807) is 6.92 Å². The first kappa shape index (κ1) is 22.4. The second-order valence-corrected chi connectivity index (χ2v) is 6.46. The lowest BCUT2D eigenvalue weighted by Gasteiger charge is -2.15. The Bertz CT molecular complexity index is 746. The molecular formula is C23H29NO5. The summed E-state index contributed by atoms with van der Waals surface area (Å²) in [6, 6.07) is 17.5. The normalized spacial score (nSPS) is 11.5. The van der Waals surface area contributed by atoms with E-state index in [9.17, 15) is 9.59 Å². The summed E-state index contributed by atoms with van der Waals surface area (Å²) >= 11 is 0. The van der Waals surface area contributed by atoms with Gasteiger partial charge in [0.1, 0.15) is 6.61 Å². The van der Waals surface area contributed by atoms with Gasteiger partial charge in [-0.1, -0.05) is 54.6 Å². The lowest BCUT2D eigenvalue weighted by molar-refractivity contribution is -0.156. The van der Waals surface area contributed by atoms with Crippen LogP contribution in [0.1, 0.15) is 30.5 Å². The van der Waals surface area contributed by atoms with E-state index in [1.807, 2.05) is 61.5 Å². The smallest absolute Gasteiger partial charge is 0.407 e. The molecule has 0 aromatic heterocycles. The van der Waals surface area contributed by atoms with E-state index in [0.717, 1.165) is 16.7 Å². The molecule has 1 atom stereocenters. The van der Waals surface area contributed by atoms with E-state index in [-0.39, 0.29) is 12.6 Å². The minimum Gasteiger partial charge on any atom is -0.464 e. The Morgan fingerprint density at radius 2 is 1.55 bits per heavy atom. The van der Waals surface area contributed by atoms with Crippen LogP contribution in [0.5, 0.6) is 0 Å². The molecule has 2 aromatic carbocycles. The first-order valence-corrected chi connectivity index (χ1v) is 9.93. The third-order valence-electron chi connectivity index (χ3n) is 4.26. The van der Waals surface area contributed by atoms with Crippen molar-refractivity contribution in [3.05, 3.63) is 71.3 Å². The van der Waals surface area contributed by atoms with Gasteiger partial charge in [-0.2, -0.15) is 0 Å². The predicted molar refractivity (Wildman–Crippen MR) is 111 cm³/mol. The van der Waals surface area contributed by atoms with Crippen LogP contribution >= 0.6 is 0 Å². The van der Waals surface area contributed by atoms with Gasteiger partial charge in [0.05, 0.1) is 6.61 Å². The summed E-state index contributed by atoms with van der Waals surface area (Å²) < 4.78 is 15.7. The third-order valence-corrected chi connectivity index (χ3v) is 4.26. The standard InChI is InChI=1S/C23H29NO5/c1-3-27-21(22(25)28-4-2)16-19-12-10-18(11-13-19)14-15-24-23(26)29-17-20-8-6-5-7-9-20/h5-13,21H,3-4,14-17H2,1-2H3,(H,24,26)/t21-/m0/s1. The summed E-state index contributed by atoms with van der Waals surface area (Å²) in [6.07, 6.45) is 0.135. The summed E-state index contributed by atoms with van der Waals surface area (Å²) in [5, 5.41) is 2.75. The Morgan fingerprint density at radius 1 is 0.862 bits per heavy atom. The number of esters is 1. The van der Waals surface area contributed by atoms with Crippen molar-refractivity contribution in [3.8, 4) is 0 Å². The highest BCUT2D eigenvalue weighted by atomic mass is 16.6. The number of carbonyl (C=O) groups is 2. The molecule has 2 rings (SSSR count). The first-order chi connectivity index (χ1) is 14.1. The van der Waals surface area contributed by atoms with Gasteiger partial charge in [0.2, 0.25) is 0 Å². The van der Waals surface area contributed by atoms with E-state index in [2.05, 4.69) is 5.32 Å². The number of hydrogen-bond donors (Lipinski definition) is 1. The van der Waals surface area contributed by atoms with E-state index < -0.39 is 12.2 Å².